The third-order valence-electron chi connectivity index (χ3n) is 1.68. The van der Waals surface area contributed by atoms with E-state index in [2.05, 4.69) is 0 Å². The van der Waals surface area contributed by atoms with Crippen LogP contribution in [0.3, 0.4) is 0 Å². The smallest absolute Gasteiger partial charge is 0.413 e. The first kappa shape index (κ1) is 16.1. The quantitative estimate of drug-likeness (QED) is 0.535. The van der Waals surface area contributed by atoms with Crippen LogP contribution in [0.4, 0.5) is 0 Å². The number of rotatable bonds is 3. The van der Waals surface area contributed by atoms with Gasteiger partial charge in [-0.2, -0.15) is 0 Å². The molecule has 0 N–H and O–H groups in total. The summed E-state index contributed by atoms with van der Waals surface area (Å²) in [4.78, 5) is 0. The fourth-order valence-corrected chi connectivity index (χ4v) is 1.16. The zero-order valence-electron chi connectivity index (χ0n) is 8.23. The van der Waals surface area contributed by atoms with Crippen LogP contribution in [0.5, 0.6) is 0 Å². The van der Waals surface area contributed by atoms with Crippen LogP contribution in [0.1, 0.15) is 0 Å². The van der Waals surface area contributed by atoms with Gasteiger partial charge in [0.2, 0.25) is 0 Å². The molecular formula is C8H15BO3W. The van der Waals surface area contributed by atoms with Gasteiger partial charge in [0, 0.05) is 14.2 Å². The van der Waals surface area contributed by atoms with E-state index in [4.69, 9.17) is 22.1 Å². The number of hydrogen-bond donors (Lipinski definition) is 0. The molecule has 0 aromatic carbocycles. The average molecular weight is 354 g/mol. The Morgan fingerprint density at radius 3 is 2.54 bits per heavy atom. The second-order valence-corrected chi connectivity index (χ2v) is 2.49. The standard InChI is InChI=1S/C7H12BO3.CH3.W/c1-9-4-6-5(10-2)3-7(8)11-6;;/h3,5-7H,4H2,1-2H3;1H3;/q2*-1;+2/t5?,6-,7-;;/m1../s1. The summed E-state index contributed by atoms with van der Waals surface area (Å²) >= 11 is 0. The first-order valence-corrected chi connectivity index (χ1v) is 3.55. The van der Waals surface area contributed by atoms with E-state index in [9.17, 15) is 0 Å². The van der Waals surface area contributed by atoms with Crippen molar-refractivity contribution in [2.75, 3.05) is 20.8 Å². The van der Waals surface area contributed by atoms with Gasteiger partial charge in [0.1, 0.15) is 0 Å². The van der Waals surface area contributed by atoms with Gasteiger partial charge in [0.25, 0.3) is 0 Å². The topological polar surface area (TPSA) is 27.7 Å². The molecule has 0 aromatic rings. The Morgan fingerprint density at radius 2 is 2.08 bits per heavy atom. The van der Waals surface area contributed by atoms with E-state index in [0.29, 0.717) is 6.61 Å². The van der Waals surface area contributed by atoms with E-state index < -0.39 is 0 Å². The maximum atomic E-state index is 5.51. The van der Waals surface area contributed by atoms with Gasteiger partial charge < -0.3 is 21.6 Å². The van der Waals surface area contributed by atoms with Crippen LogP contribution in [0.15, 0.2) is 0 Å². The molecule has 13 heavy (non-hydrogen) atoms. The molecule has 3 atom stereocenters. The Kier molecular flexibility index (Phi) is 9.87. The van der Waals surface area contributed by atoms with E-state index in [0.717, 1.165) is 0 Å². The Labute approximate surface area is 96.2 Å². The largest absolute Gasteiger partial charge is 2.00 e. The van der Waals surface area contributed by atoms with Gasteiger partial charge in [-0.1, -0.05) is 6.00 Å². The molecule has 1 fully saturated rings. The summed E-state index contributed by atoms with van der Waals surface area (Å²) in [6.45, 7) is 0.517. The molecule has 1 unspecified atom stereocenters. The first-order chi connectivity index (χ1) is 5.27. The Hall–Kier alpha value is 0.633. The minimum Gasteiger partial charge on any atom is -0.413 e. The molecule has 5 heteroatoms. The normalized spacial score (nSPS) is 32.0. The van der Waals surface area contributed by atoms with Crippen molar-refractivity contribution in [2.24, 2.45) is 0 Å². The molecule has 0 spiro atoms. The van der Waals surface area contributed by atoms with Crippen molar-refractivity contribution in [1.82, 2.24) is 0 Å². The van der Waals surface area contributed by atoms with Crippen molar-refractivity contribution in [1.29, 1.82) is 0 Å². The van der Waals surface area contributed by atoms with Crippen molar-refractivity contribution in [2.45, 2.75) is 18.2 Å². The van der Waals surface area contributed by atoms with Gasteiger partial charge in [-0.3, -0.25) is 6.42 Å². The van der Waals surface area contributed by atoms with Gasteiger partial charge in [0.15, 0.2) is 0 Å². The van der Waals surface area contributed by atoms with E-state index in [1.54, 1.807) is 14.2 Å². The molecule has 1 aliphatic heterocycles. The first-order valence-electron chi connectivity index (χ1n) is 3.55. The van der Waals surface area contributed by atoms with Gasteiger partial charge >= 0.3 is 21.1 Å². The SMILES string of the molecule is [B][C@H]1[CH-]C(OC)[C@@H](COC)O1.[CH3-].[W+2]. The van der Waals surface area contributed by atoms with Crippen LogP contribution in [-0.2, 0) is 35.3 Å². The van der Waals surface area contributed by atoms with E-state index in [1.165, 1.54) is 0 Å². The van der Waals surface area contributed by atoms with Gasteiger partial charge in [-0.05, 0) is 6.10 Å². The molecule has 74 valence electrons. The molecule has 0 saturated carbocycles. The zero-order chi connectivity index (χ0) is 8.27. The van der Waals surface area contributed by atoms with E-state index in [-0.39, 0.29) is 46.7 Å². The third kappa shape index (κ3) is 4.59. The summed E-state index contributed by atoms with van der Waals surface area (Å²) in [5.41, 5.74) is 0. The molecular weight excluding hydrogens is 339 g/mol. The van der Waals surface area contributed by atoms with Crippen molar-refractivity contribution >= 4 is 7.85 Å². The van der Waals surface area contributed by atoms with E-state index >= 15 is 0 Å². The second-order valence-electron chi connectivity index (χ2n) is 2.49. The fourth-order valence-electron chi connectivity index (χ4n) is 1.16. The monoisotopic (exact) mass is 354 g/mol. The molecule has 2 radical (unpaired) electrons. The van der Waals surface area contributed by atoms with E-state index in [1.807, 2.05) is 6.42 Å². The molecule has 1 aliphatic rings. The molecule has 1 saturated heterocycles. The summed E-state index contributed by atoms with van der Waals surface area (Å²) in [6, 6.07) is -0.319. The summed E-state index contributed by atoms with van der Waals surface area (Å²) in [6.07, 6.45) is 1.73. The summed E-state index contributed by atoms with van der Waals surface area (Å²) in [7, 11) is 8.76. The van der Waals surface area contributed by atoms with Crippen molar-refractivity contribution in [3.05, 3.63) is 13.8 Å². The zero-order valence-corrected chi connectivity index (χ0v) is 11.2. The van der Waals surface area contributed by atoms with Gasteiger partial charge in [0.05, 0.1) is 20.6 Å². The molecule has 0 amide bonds. The maximum absolute atomic E-state index is 5.51. The van der Waals surface area contributed by atoms with Crippen molar-refractivity contribution < 1.29 is 35.3 Å². The Bertz CT molecular complexity index is 126. The minimum absolute atomic E-state index is 0. The predicted octanol–water partition coefficient (Wildman–Crippen LogP) is 0.193. The van der Waals surface area contributed by atoms with Crippen LogP contribution in [0.2, 0.25) is 0 Å². The Morgan fingerprint density at radius 1 is 1.46 bits per heavy atom. The molecule has 1 rings (SSSR count). The van der Waals surface area contributed by atoms with Gasteiger partial charge in [-0.15, -0.1) is 0 Å². The van der Waals surface area contributed by atoms with Crippen LogP contribution < -0.4 is 0 Å². The van der Waals surface area contributed by atoms with Crippen LogP contribution in [0.25, 0.3) is 0 Å². The molecule has 3 nitrogen and oxygen atoms in total. The van der Waals surface area contributed by atoms with Gasteiger partial charge in [-0.25, -0.2) is 0 Å². The fraction of sp³-hybridized carbons (Fsp3) is 0.750. The summed E-state index contributed by atoms with van der Waals surface area (Å²) < 4.78 is 15.3. The number of methoxy groups -OCH3 is 2. The van der Waals surface area contributed by atoms with Crippen LogP contribution in [-0.4, -0.2) is 46.9 Å². The molecule has 0 bridgehead atoms. The summed E-state index contributed by atoms with van der Waals surface area (Å²) in [5.74, 6) is 0. The molecule has 1 heterocycles. The second kappa shape index (κ2) is 7.98. The third-order valence-corrected chi connectivity index (χ3v) is 1.68. The minimum atomic E-state index is -0.319. The molecule has 0 aromatic heterocycles. The summed E-state index contributed by atoms with van der Waals surface area (Å²) in [5, 5.41) is 0. The van der Waals surface area contributed by atoms with Crippen molar-refractivity contribution in [3.8, 4) is 0 Å². The maximum Gasteiger partial charge on any atom is 2.00 e. The number of ether oxygens (including phenoxy) is 3. The molecule has 0 aliphatic carbocycles. The van der Waals surface area contributed by atoms with Crippen molar-refractivity contribution in [3.63, 3.8) is 0 Å². The predicted molar refractivity (Wildman–Crippen MR) is 47.8 cm³/mol. The van der Waals surface area contributed by atoms with Crippen LogP contribution in [0, 0.1) is 13.8 Å². The Balaban J connectivity index is 0. The average Bonchev–Trinajstić information content (AvgIpc) is 2.32. The number of hydrogen-bond acceptors (Lipinski definition) is 3. The van der Waals surface area contributed by atoms with Crippen LogP contribution >= 0.6 is 0 Å².